The molecule has 1 atom stereocenters. The van der Waals surface area contributed by atoms with Gasteiger partial charge in [0, 0.05) is 16.5 Å². The number of thiophene rings is 1. The first-order valence-electron chi connectivity index (χ1n) is 8.84. The number of sulfone groups is 1. The van der Waals surface area contributed by atoms with E-state index in [0.29, 0.717) is 24.2 Å². The highest BCUT2D eigenvalue weighted by Crippen LogP contribution is 2.30. The van der Waals surface area contributed by atoms with Crippen molar-refractivity contribution in [3.63, 3.8) is 0 Å². The molecule has 0 aromatic carbocycles. The van der Waals surface area contributed by atoms with Crippen LogP contribution in [0.25, 0.3) is 6.08 Å². The van der Waals surface area contributed by atoms with Crippen LogP contribution in [0.15, 0.2) is 23.6 Å². The van der Waals surface area contributed by atoms with Gasteiger partial charge in [-0.2, -0.15) is 5.10 Å². The van der Waals surface area contributed by atoms with E-state index in [-0.39, 0.29) is 29.3 Å². The molecule has 3 heterocycles. The zero-order valence-corrected chi connectivity index (χ0v) is 18.0. The Morgan fingerprint density at radius 3 is 2.93 bits per heavy atom. The molecule has 1 N–H and O–H groups in total. The summed E-state index contributed by atoms with van der Waals surface area (Å²) in [5, 5.41) is 9.15. The molecule has 1 aliphatic rings. The lowest BCUT2D eigenvalue weighted by atomic mass is 10.2. The van der Waals surface area contributed by atoms with Gasteiger partial charge >= 0.3 is 5.97 Å². The van der Waals surface area contributed by atoms with E-state index >= 15 is 0 Å². The number of ether oxygens (including phenoxy) is 1. The Morgan fingerprint density at radius 1 is 1.48 bits per heavy atom. The molecule has 0 spiro atoms. The standard InChI is InChI=1S/C18H20ClN3O5S2/c1-12-15(18(19)22(21-12)13-6-8-29(25,26)11-13)4-5-17(24)27-10-16(23)20-9-14-3-2-7-28-14/h2-5,7,13H,6,8-11H2,1H3,(H,20,23)/b5-4+/t13-/m0/s1. The number of rotatable bonds is 7. The van der Waals surface area contributed by atoms with Crippen LogP contribution in [0.3, 0.4) is 0 Å². The Kier molecular flexibility index (Phi) is 6.76. The molecule has 0 unspecified atom stereocenters. The molecule has 1 saturated heterocycles. The number of aryl methyl sites for hydroxylation is 1. The summed E-state index contributed by atoms with van der Waals surface area (Å²) in [6, 6.07) is 3.47. The van der Waals surface area contributed by atoms with Gasteiger partial charge in [-0.05, 0) is 30.9 Å². The highest BCUT2D eigenvalue weighted by molar-refractivity contribution is 7.91. The molecule has 11 heteroatoms. The van der Waals surface area contributed by atoms with Crippen LogP contribution in [0, 0.1) is 6.92 Å². The first-order chi connectivity index (χ1) is 13.7. The second kappa shape index (κ2) is 9.10. The molecule has 29 heavy (non-hydrogen) atoms. The van der Waals surface area contributed by atoms with Gasteiger partial charge in [-0.3, -0.25) is 4.79 Å². The molecule has 0 bridgehead atoms. The number of esters is 1. The zero-order valence-electron chi connectivity index (χ0n) is 15.6. The molecule has 2 aromatic rings. The molecule has 0 saturated carbocycles. The van der Waals surface area contributed by atoms with Crippen molar-refractivity contribution in [1.82, 2.24) is 15.1 Å². The Balaban J connectivity index is 1.54. The van der Waals surface area contributed by atoms with Crippen molar-refractivity contribution in [2.24, 2.45) is 0 Å². The minimum absolute atomic E-state index is 0.000377. The van der Waals surface area contributed by atoms with Crippen molar-refractivity contribution in [3.8, 4) is 0 Å². The number of aromatic nitrogens is 2. The normalized spacial score (nSPS) is 18.2. The average Bonchev–Trinajstić information content (AvgIpc) is 3.37. The number of hydrogen-bond acceptors (Lipinski definition) is 7. The Morgan fingerprint density at radius 2 is 2.28 bits per heavy atom. The molecular formula is C18H20ClN3O5S2. The van der Waals surface area contributed by atoms with Crippen molar-refractivity contribution in [2.45, 2.75) is 25.9 Å². The van der Waals surface area contributed by atoms with E-state index in [4.69, 9.17) is 16.3 Å². The first kappa shape index (κ1) is 21.5. The number of nitrogens with one attached hydrogen (secondary N) is 1. The highest BCUT2D eigenvalue weighted by atomic mass is 35.5. The van der Waals surface area contributed by atoms with E-state index in [1.54, 1.807) is 6.92 Å². The van der Waals surface area contributed by atoms with Crippen LogP contribution in [-0.4, -0.2) is 48.2 Å². The van der Waals surface area contributed by atoms with E-state index < -0.39 is 21.7 Å². The van der Waals surface area contributed by atoms with Crippen LogP contribution >= 0.6 is 22.9 Å². The van der Waals surface area contributed by atoms with Gasteiger partial charge in [-0.1, -0.05) is 17.7 Å². The van der Waals surface area contributed by atoms with E-state index in [0.717, 1.165) is 11.0 Å². The number of hydrogen-bond donors (Lipinski definition) is 1. The molecular weight excluding hydrogens is 438 g/mol. The molecule has 2 aromatic heterocycles. The summed E-state index contributed by atoms with van der Waals surface area (Å²) in [6.45, 7) is 1.71. The largest absolute Gasteiger partial charge is 0.452 e. The zero-order chi connectivity index (χ0) is 21.0. The maximum atomic E-state index is 11.9. The maximum absolute atomic E-state index is 11.9. The number of nitrogens with zero attached hydrogens (tertiary/aromatic N) is 2. The molecule has 1 fully saturated rings. The van der Waals surface area contributed by atoms with E-state index in [9.17, 15) is 18.0 Å². The second-order valence-corrected chi connectivity index (χ2v) is 10.2. The van der Waals surface area contributed by atoms with Gasteiger partial charge < -0.3 is 10.1 Å². The van der Waals surface area contributed by atoms with Crippen LogP contribution in [-0.2, 0) is 30.7 Å². The monoisotopic (exact) mass is 457 g/mol. The van der Waals surface area contributed by atoms with Crippen LogP contribution in [0.5, 0.6) is 0 Å². The van der Waals surface area contributed by atoms with Crippen molar-refractivity contribution >= 4 is 50.7 Å². The summed E-state index contributed by atoms with van der Waals surface area (Å²) in [5.74, 6) is -0.981. The SMILES string of the molecule is Cc1nn([C@H]2CCS(=O)(=O)C2)c(Cl)c1/C=C/C(=O)OCC(=O)NCc1cccs1. The minimum atomic E-state index is -3.07. The molecule has 0 aliphatic carbocycles. The highest BCUT2D eigenvalue weighted by Gasteiger charge is 2.31. The van der Waals surface area contributed by atoms with Gasteiger partial charge in [0.2, 0.25) is 0 Å². The summed E-state index contributed by atoms with van der Waals surface area (Å²) >= 11 is 7.86. The van der Waals surface area contributed by atoms with E-state index in [1.807, 2.05) is 17.5 Å². The fraction of sp³-hybridized carbons (Fsp3) is 0.389. The van der Waals surface area contributed by atoms with Gasteiger partial charge in [-0.25, -0.2) is 17.9 Å². The quantitative estimate of drug-likeness (QED) is 0.504. The third-order valence-corrected chi connectivity index (χ3v) is 7.40. The van der Waals surface area contributed by atoms with Crippen molar-refractivity contribution in [1.29, 1.82) is 0 Å². The van der Waals surface area contributed by atoms with Crippen molar-refractivity contribution < 1.29 is 22.7 Å². The van der Waals surface area contributed by atoms with Gasteiger partial charge in [-0.15, -0.1) is 11.3 Å². The topological polar surface area (TPSA) is 107 Å². The fourth-order valence-electron chi connectivity index (χ4n) is 2.92. The lowest BCUT2D eigenvalue weighted by Gasteiger charge is -2.09. The van der Waals surface area contributed by atoms with Gasteiger partial charge in [0.25, 0.3) is 5.91 Å². The Bertz CT molecular complexity index is 1030. The molecule has 8 nitrogen and oxygen atoms in total. The first-order valence-corrected chi connectivity index (χ1v) is 11.9. The summed E-state index contributed by atoms with van der Waals surface area (Å²) in [7, 11) is -3.07. The van der Waals surface area contributed by atoms with E-state index in [2.05, 4.69) is 10.4 Å². The summed E-state index contributed by atoms with van der Waals surface area (Å²) < 4.78 is 29.8. The number of amides is 1. The predicted molar refractivity (Wildman–Crippen MR) is 110 cm³/mol. The van der Waals surface area contributed by atoms with Crippen LogP contribution in [0.2, 0.25) is 5.15 Å². The number of halogens is 1. The van der Waals surface area contributed by atoms with Gasteiger partial charge in [0.05, 0.1) is 29.8 Å². The summed E-state index contributed by atoms with van der Waals surface area (Å²) in [6.07, 6.45) is 3.07. The smallest absolute Gasteiger partial charge is 0.331 e. The predicted octanol–water partition coefficient (Wildman–Crippen LogP) is 2.14. The molecule has 1 aliphatic heterocycles. The molecule has 1 amide bonds. The summed E-state index contributed by atoms with van der Waals surface area (Å²) in [4.78, 5) is 24.6. The van der Waals surface area contributed by atoms with Crippen molar-refractivity contribution in [3.05, 3.63) is 44.9 Å². The molecule has 0 radical (unpaired) electrons. The number of carbonyl (C=O) groups excluding carboxylic acids is 2. The molecule has 3 rings (SSSR count). The van der Waals surface area contributed by atoms with Crippen LogP contribution in [0.1, 0.15) is 28.6 Å². The Labute approximate surface area is 177 Å². The number of carbonyl (C=O) groups is 2. The third kappa shape index (κ3) is 5.68. The lowest BCUT2D eigenvalue weighted by molar-refractivity contribution is -0.143. The second-order valence-electron chi connectivity index (χ2n) is 6.59. The van der Waals surface area contributed by atoms with Gasteiger partial charge in [0.15, 0.2) is 16.4 Å². The third-order valence-electron chi connectivity index (χ3n) is 4.40. The van der Waals surface area contributed by atoms with Gasteiger partial charge in [0.1, 0.15) is 5.15 Å². The average molecular weight is 458 g/mol. The van der Waals surface area contributed by atoms with Crippen LogP contribution in [0.4, 0.5) is 0 Å². The van der Waals surface area contributed by atoms with Crippen LogP contribution < -0.4 is 5.32 Å². The maximum Gasteiger partial charge on any atom is 0.331 e. The lowest BCUT2D eigenvalue weighted by Crippen LogP contribution is -2.27. The molecule has 156 valence electrons. The Hall–Kier alpha value is -2.17. The summed E-state index contributed by atoms with van der Waals surface area (Å²) in [5.41, 5.74) is 1.08. The minimum Gasteiger partial charge on any atom is -0.452 e. The van der Waals surface area contributed by atoms with E-state index in [1.165, 1.54) is 22.1 Å². The fourth-order valence-corrected chi connectivity index (χ4v) is 5.63. The van der Waals surface area contributed by atoms with Crippen molar-refractivity contribution in [2.75, 3.05) is 18.1 Å².